The normalized spacial score (nSPS) is 11.2. The number of hydrogen-bond acceptors (Lipinski definition) is 1. The third kappa shape index (κ3) is 5.96. The van der Waals surface area contributed by atoms with Gasteiger partial charge in [-0.2, -0.15) is 0 Å². The zero-order chi connectivity index (χ0) is 6.57. The Morgan fingerprint density at radius 1 is 1.25 bits per heavy atom. The minimum absolute atomic E-state index is 0.845. The minimum atomic E-state index is 0.845. The van der Waals surface area contributed by atoms with E-state index in [0.717, 1.165) is 5.92 Å². The summed E-state index contributed by atoms with van der Waals surface area (Å²) >= 11 is 0. The molecule has 0 rings (SSSR count). The second-order valence-corrected chi connectivity index (χ2v) is 2.99. The van der Waals surface area contributed by atoms with Gasteiger partial charge in [0.15, 0.2) is 0 Å². The van der Waals surface area contributed by atoms with Crippen molar-refractivity contribution in [1.82, 2.24) is 4.90 Å². The molecule has 0 aliphatic heterocycles. The van der Waals surface area contributed by atoms with Gasteiger partial charge in [0.05, 0.1) is 0 Å². The predicted octanol–water partition coefficient (Wildman–Crippen LogP) is 1.59. The molecule has 8 heavy (non-hydrogen) atoms. The minimum Gasteiger partial charge on any atom is -0.309 e. The summed E-state index contributed by atoms with van der Waals surface area (Å²) in [6.45, 7) is 5.73. The fourth-order valence-corrected chi connectivity index (χ4v) is 0.516. The topological polar surface area (TPSA) is 3.24 Å². The van der Waals surface area contributed by atoms with Gasteiger partial charge < -0.3 is 4.90 Å². The highest BCUT2D eigenvalue weighted by molar-refractivity contribution is 4.47. The Kier molecular flexibility index (Phi) is 3.88. The van der Waals surface area contributed by atoms with E-state index in [-0.39, 0.29) is 0 Å². The van der Waals surface area contributed by atoms with Crippen molar-refractivity contribution >= 4 is 0 Å². The molecule has 0 aliphatic rings. The smallest absolute Gasteiger partial charge is 0.00224 e. The summed E-state index contributed by atoms with van der Waals surface area (Å²) in [6.07, 6.45) is 1.31. The lowest BCUT2D eigenvalue weighted by molar-refractivity contribution is 0.369. The highest BCUT2D eigenvalue weighted by atomic mass is 15.0. The first-order valence-corrected chi connectivity index (χ1v) is 3.27. The molecule has 0 amide bonds. The Balaban J connectivity index is 2.93. The van der Waals surface area contributed by atoms with Gasteiger partial charge in [0.2, 0.25) is 0 Å². The molecule has 0 N–H and O–H groups in total. The summed E-state index contributed by atoms with van der Waals surface area (Å²) in [4.78, 5) is 2.22. The van der Waals surface area contributed by atoms with Crippen molar-refractivity contribution in [3.63, 3.8) is 0 Å². The second kappa shape index (κ2) is 3.90. The van der Waals surface area contributed by atoms with Crippen LogP contribution < -0.4 is 0 Å². The van der Waals surface area contributed by atoms with Gasteiger partial charge in [-0.25, -0.2) is 0 Å². The highest BCUT2D eigenvalue weighted by Gasteiger charge is 1.93. The van der Waals surface area contributed by atoms with Gasteiger partial charge in [-0.05, 0) is 33.0 Å². The first kappa shape index (κ1) is 7.96. The van der Waals surface area contributed by atoms with Gasteiger partial charge in [-0.3, -0.25) is 0 Å². The molecule has 1 nitrogen and oxygen atoms in total. The van der Waals surface area contributed by atoms with Gasteiger partial charge in [0.25, 0.3) is 0 Å². The van der Waals surface area contributed by atoms with E-state index in [0.29, 0.717) is 0 Å². The Morgan fingerprint density at radius 3 is 1.88 bits per heavy atom. The lowest BCUT2D eigenvalue weighted by Gasteiger charge is -2.10. The molecule has 0 radical (unpaired) electrons. The number of hydrogen-bond donors (Lipinski definition) is 0. The molecule has 0 aromatic rings. The van der Waals surface area contributed by atoms with Crippen LogP contribution in [0.1, 0.15) is 20.3 Å². The molecule has 0 aromatic carbocycles. The zero-order valence-corrected chi connectivity index (χ0v) is 6.44. The van der Waals surface area contributed by atoms with Crippen LogP contribution in [-0.2, 0) is 0 Å². The Labute approximate surface area is 52.7 Å². The summed E-state index contributed by atoms with van der Waals surface area (Å²) in [7, 11) is 4.23. The predicted molar refractivity (Wildman–Crippen MR) is 38.0 cm³/mol. The molecular weight excluding hydrogens is 98.1 g/mol. The Bertz CT molecular complexity index is 40.3. The Hall–Kier alpha value is -0.0400. The maximum absolute atomic E-state index is 2.25. The largest absolute Gasteiger partial charge is 0.309 e. The molecule has 1 heteroatoms. The molecular formula is C7H17N. The lowest BCUT2D eigenvalue weighted by atomic mass is 10.1. The van der Waals surface area contributed by atoms with E-state index in [2.05, 4.69) is 32.8 Å². The summed E-state index contributed by atoms with van der Waals surface area (Å²) in [5.41, 5.74) is 0. The van der Waals surface area contributed by atoms with Crippen molar-refractivity contribution in [3.8, 4) is 0 Å². The molecule has 50 valence electrons. The van der Waals surface area contributed by atoms with Crippen molar-refractivity contribution in [2.45, 2.75) is 20.3 Å². The first-order valence-electron chi connectivity index (χ1n) is 3.27. The molecule has 0 saturated carbocycles. The van der Waals surface area contributed by atoms with Crippen LogP contribution in [0.3, 0.4) is 0 Å². The molecule has 0 saturated heterocycles. The standard InChI is InChI=1S/C7H17N/c1-7(2)5-6-8(3)4/h7H,5-6H2,1-4H3. The van der Waals surface area contributed by atoms with E-state index < -0.39 is 0 Å². The van der Waals surface area contributed by atoms with Gasteiger partial charge in [-0.15, -0.1) is 0 Å². The van der Waals surface area contributed by atoms with Crippen molar-refractivity contribution < 1.29 is 0 Å². The second-order valence-electron chi connectivity index (χ2n) is 2.99. The summed E-state index contributed by atoms with van der Waals surface area (Å²) in [6, 6.07) is 0. The molecule has 0 spiro atoms. The van der Waals surface area contributed by atoms with Crippen molar-refractivity contribution in [3.05, 3.63) is 0 Å². The molecule has 0 atom stereocenters. The maximum atomic E-state index is 2.25. The molecule has 0 bridgehead atoms. The summed E-state index contributed by atoms with van der Waals surface area (Å²) in [5.74, 6) is 0.845. The first-order chi connectivity index (χ1) is 3.63. The Morgan fingerprint density at radius 2 is 1.75 bits per heavy atom. The molecule has 0 aliphatic carbocycles. The van der Waals surface area contributed by atoms with E-state index in [1.807, 2.05) is 0 Å². The molecule has 0 aromatic heterocycles. The quantitative estimate of drug-likeness (QED) is 0.540. The summed E-state index contributed by atoms with van der Waals surface area (Å²) < 4.78 is 0. The van der Waals surface area contributed by atoms with E-state index in [1.54, 1.807) is 0 Å². The van der Waals surface area contributed by atoms with Gasteiger partial charge in [0, 0.05) is 0 Å². The van der Waals surface area contributed by atoms with Crippen molar-refractivity contribution in [1.29, 1.82) is 0 Å². The van der Waals surface area contributed by atoms with Crippen LogP contribution >= 0.6 is 0 Å². The van der Waals surface area contributed by atoms with Crippen LogP contribution in [0, 0.1) is 5.92 Å². The number of nitrogens with zero attached hydrogens (tertiary/aromatic N) is 1. The van der Waals surface area contributed by atoms with Crippen molar-refractivity contribution in [2.75, 3.05) is 20.6 Å². The van der Waals surface area contributed by atoms with Crippen LogP contribution in [0.15, 0.2) is 0 Å². The SMILES string of the molecule is CC(C)CCN(C)C. The van der Waals surface area contributed by atoms with Gasteiger partial charge >= 0.3 is 0 Å². The van der Waals surface area contributed by atoms with Gasteiger partial charge in [0.1, 0.15) is 0 Å². The number of rotatable bonds is 3. The molecule has 0 fully saturated rings. The monoisotopic (exact) mass is 115 g/mol. The highest BCUT2D eigenvalue weighted by Crippen LogP contribution is 1.98. The third-order valence-corrected chi connectivity index (χ3v) is 1.15. The van der Waals surface area contributed by atoms with Crippen molar-refractivity contribution in [2.24, 2.45) is 5.92 Å². The summed E-state index contributed by atoms with van der Waals surface area (Å²) in [5, 5.41) is 0. The maximum Gasteiger partial charge on any atom is -0.00224 e. The zero-order valence-electron chi connectivity index (χ0n) is 6.44. The van der Waals surface area contributed by atoms with Gasteiger partial charge in [-0.1, -0.05) is 13.8 Å². The molecule has 0 unspecified atom stereocenters. The molecule has 0 heterocycles. The fourth-order valence-electron chi connectivity index (χ4n) is 0.516. The van der Waals surface area contributed by atoms with E-state index in [1.165, 1.54) is 13.0 Å². The lowest BCUT2D eigenvalue weighted by Crippen LogP contribution is -2.14. The third-order valence-electron chi connectivity index (χ3n) is 1.15. The average Bonchev–Trinajstić information content (AvgIpc) is 1.61. The average molecular weight is 115 g/mol. The van der Waals surface area contributed by atoms with E-state index >= 15 is 0 Å². The van der Waals surface area contributed by atoms with Crippen LogP contribution in [-0.4, -0.2) is 25.5 Å². The van der Waals surface area contributed by atoms with Crippen LogP contribution in [0.25, 0.3) is 0 Å². The van der Waals surface area contributed by atoms with E-state index in [4.69, 9.17) is 0 Å². The van der Waals surface area contributed by atoms with Crippen LogP contribution in [0.4, 0.5) is 0 Å². The van der Waals surface area contributed by atoms with E-state index in [9.17, 15) is 0 Å². The van der Waals surface area contributed by atoms with Crippen LogP contribution in [0.5, 0.6) is 0 Å². The fraction of sp³-hybridized carbons (Fsp3) is 1.00. The van der Waals surface area contributed by atoms with Crippen LogP contribution in [0.2, 0.25) is 0 Å².